The molecule has 2 aromatic rings. The Bertz CT molecular complexity index is 702. The van der Waals surface area contributed by atoms with Crippen LogP contribution in [0.2, 0.25) is 0 Å². The molecule has 1 aromatic carbocycles. The first kappa shape index (κ1) is 14.8. The Morgan fingerprint density at radius 2 is 1.86 bits per heavy atom. The van der Waals surface area contributed by atoms with Crippen molar-refractivity contribution < 1.29 is 18.7 Å². The van der Waals surface area contributed by atoms with Crippen molar-refractivity contribution in [1.82, 2.24) is 9.78 Å². The second-order valence-electron chi connectivity index (χ2n) is 4.48. The van der Waals surface area contributed by atoms with E-state index in [9.17, 15) is 8.78 Å². The van der Waals surface area contributed by atoms with Crippen molar-refractivity contribution in [1.29, 1.82) is 0 Å². The minimum atomic E-state index is -0.959. The summed E-state index contributed by atoms with van der Waals surface area (Å²) in [6.07, 6.45) is 0. The molecule has 0 aliphatic carbocycles. The van der Waals surface area contributed by atoms with E-state index in [-0.39, 0.29) is 11.3 Å². The monoisotopic (exact) mass is 296 g/mol. The van der Waals surface area contributed by atoms with Crippen molar-refractivity contribution in [3.8, 4) is 11.5 Å². The summed E-state index contributed by atoms with van der Waals surface area (Å²) in [6, 6.07) is 1.85. The highest BCUT2D eigenvalue weighted by Gasteiger charge is 2.19. The van der Waals surface area contributed by atoms with Crippen LogP contribution in [0.25, 0.3) is 0 Å². The van der Waals surface area contributed by atoms with E-state index in [1.807, 2.05) is 0 Å². The van der Waals surface area contributed by atoms with Crippen molar-refractivity contribution >= 4 is 5.84 Å². The van der Waals surface area contributed by atoms with E-state index in [1.54, 1.807) is 25.6 Å². The van der Waals surface area contributed by atoms with Gasteiger partial charge in [-0.3, -0.25) is 4.68 Å². The number of nitrogens with two attached hydrogens (primary N) is 1. The molecule has 0 atom stereocenters. The fourth-order valence-corrected chi connectivity index (χ4v) is 1.87. The zero-order valence-corrected chi connectivity index (χ0v) is 11.7. The third kappa shape index (κ3) is 2.64. The summed E-state index contributed by atoms with van der Waals surface area (Å²) >= 11 is 0. The van der Waals surface area contributed by atoms with Gasteiger partial charge >= 0.3 is 0 Å². The van der Waals surface area contributed by atoms with Crippen LogP contribution in [0.4, 0.5) is 8.78 Å². The quantitative estimate of drug-likeness (QED) is 0.393. The minimum Gasteiger partial charge on any atom is -0.447 e. The first-order valence-electron chi connectivity index (χ1n) is 6.00. The van der Waals surface area contributed by atoms with Gasteiger partial charge in [0, 0.05) is 12.6 Å². The van der Waals surface area contributed by atoms with Gasteiger partial charge in [0.25, 0.3) is 0 Å². The lowest BCUT2D eigenvalue weighted by atomic mass is 10.2. The third-order valence-electron chi connectivity index (χ3n) is 3.05. The Hall–Kier alpha value is -2.64. The highest BCUT2D eigenvalue weighted by molar-refractivity contribution is 5.97. The number of hydrogen-bond acceptors (Lipinski definition) is 4. The summed E-state index contributed by atoms with van der Waals surface area (Å²) < 4.78 is 34.8. The van der Waals surface area contributed by atoms with Gasteiger partial charge in [0.05, 0.1) is 5.69 Å². The van der Waals surface area contributed by atoms with Gasteiger partial charge in [-0.25, -0.2) is 8.78 Å². The largest absolute Gasteiger partial charge is 0.447 e. The molecule has 3 N–H and O–H groups in total. The zero-order valence-electron chi connectivity index (χ0n) is 11.7. The number of aryl methyl sites for hydroxylation is 2. The molecule has 0 aliphatic heterocycles. The van der Waals surface area contributed by atoms with E-state index >= 15 is 0 Å². The first-order valence-corrected chi connectivity index (χ1v) is 6.00. The Kier molecular flexibility index (Phi) is 3.79. The number of hydrogen-bond donors (Lipinski definition) is 2. The van der Waals surface area contributed by atoms with Crippen molar-refractivity contribution in [3.63, 3.8) is 0 Å². The summed E-state index contributed by atoms with van der Waals surface area (Å²) in [4.78, 5) is 0. The van der Waals surface area contributed by atoms with E-state index < -0.39 is 23.2 Å². The van der Waals surface area contributed by atoms with E-state index in [0.29, 0.717) is 11.4 Å². The maximum atomic E-state index is 14.0. The molecule has 0 unspecified atom stereocenters. The van der Waals surface area contributed by atoms with Crippen molar-refractivity contribution in [2.24, 2.45) is 17.9 Å². The van der Waals surface area contributed by atoms with Crippen LogP contribution in [0.1, 0.15) is 17.0 Å². The molecule has 0 bridgehead atoms. The predicted molar refractivity (Wildman–Crippen MR) is 71.6 cm³/mol. The summed E-state index contributed by atoms with van der Waals surface area (Å²) in [5.74, 6) is -2.60. The summed E-state index contributed by atoms with van der Waals surface area (Å²) in [5.41, 5.74) is 6.35. The molecule has 0 saturated heterocycles. The standard InChI is InChI=1S/C13H14F2N4O2/c1-6-11(7(2)19(3)17-6)21-12-9(14)4-8(5-10(12)15)13(16)18-20/h4-5,20H,1-3H3,(H2,16,18). The number of oxime groups is 1. The Morgan fingerprint density at radius 1 is 1.29 bits per heavy atom. The van der Waals surface area contributed by atoms with Crippen LogP contribution in [-0.2, 0) is 7.05 Å². The maximum absolute atomic E-state index is 14.0. The predicted octanol–water partition coefficient (Wildman–Crippen LogP) is 2.20. The Balaban J connectivity index is 2.46. The lowest BCUT2D eigenvalue weighted by molar-refractivity contribution is 0.318. The molecule has 21 heavy (non-hydrogen) atoms. The summed E-state index contributed by atoms with van der Waals surface area (Å²) in [7, 11) is 1.70. The average molecular weight is 296 g/mol. The molecule has 112 valence electrons. The molecule has 0 aliphatic rings. The SMILES string of the molecule is Cc1nn(C)c(C)c1Oc1c(F)cc(C(N)=NO)cc1F. The van der Waals surface area contributed by atoms with E-state index in [4.69, 9.17) is 15.7 Å². The average Bonchev–Trinajstić information content (AvgIpc) is 2.67. The van der Waals surface area contributed by atoms with E-state index in [0.717, 1.165) is 12.1 Å². The highest BCUT2D eigenvalue weighted by atomic mass is 19.1. The fraction of sp³-hybridized carbons (Fsp3) is 0.231. The molecular weight excluding hydrogens is 282 g/mol. The number of nitrogens with zero attached hydrogens (tertiary/aromatic N) is 3. The van der Waals surface area contributed by atoms with Crippen LogP contribution in [0.15, 0.2) is 17.3 Å². The molecule has 0 radical (unpaired) electrons. The zero-order chi connectivity index (χ0) is 15.7. The smallest absolute Gasteiger partial charge is 0.198 e. The molecule has 6 nitrogen and oxygen atoms in total. The topological polar surface area (TPSA) is 85.7 Å². The second kappa shape index (κ2) is 5.39. The van der Waals surface area contributed by atoms with E-state index in [2.05, 4.69) is 10.3 Å². The number of aromatic nitrogens is 2. The van der Waals surface area contributed by atoms with Gasteiger partial charge in [0.1, 0.15) is 5.69 Å². The van der Waals surface area contributed by atoms with Gasteiger partial charge in [-0.15, -0.1) is 0 Å². The Labute approximate surface area is 119 Å². The third-order valence-corrected chi connectivity index (χ3v) is 3.05. The second-order valence-corrected chi connectivity index (χ2v) is 4.48. The fourth-order valence-electron chi connectivity index (χ4n) is 1.87. The lowest BCUT2D eigenvalue weighted by Crippen LogP contribution is -2.14. The number of amidine groups is 1. The molecule has 1 heterocycles. The normalized spacial score (nSPS) is 11.8. The number of ether oxygens (including phenoxy) is 1. The van der Waals surface area contributed by atoms with Crippen molar-refractivity contribution in [3.05, 3.63) is 40.7 Å². The van der Waals surface area contributed by atoms with Crippen LogP contribution in [0.3, 0.4) is 0 Å². The van der Waals surface area contributed by atoms with Crippen LogP contribution >= 0.6 is 0 Å². The van der Waals surface area contributed by atoms with E-state index in [1.165, 1.54) is 0 Å². The summed E-state index contributed by atoms with van der Waals surface area (Å²) in [5, 5.41) is 15.3. The molecular formula is C13H14F2N4O2. The van der Waals surface area contributed by atoms with Crippen LogP contribution in [-0.4, -0.2) is 20.8 Å². The molecule has 0 amide bonds. The Morgan fingerprint density at radius 3 is 2.29 bits per heavy atom. The van der Waals surface area contributed by atoms with Gasteiger partial charge in [0.15, 0.2) is 29.0 Å². The molecule has 0 saturated carbocycles. The van der Waals surface area contributed by atoms with Gasteiger partial charge < -0.3 is 15.7 Å². The molecule has 2 rings (SSSR count). The first-order chi connectivity index (χ1) is 9.85. The molecule has 1 aromatic heterocycles. The maximum Gasteiger partial charge on any atom is 0.198 e. The van der Waals surface area contributed by atoms with Crippen LogP contribution < -0.4 is 10.5 Å². The lowest BCUT2D eigenvalue weighted by Gasteiger charge is -2.09. The number of benzene rings is 1. The van der Waals surface area contributed by atoms with Crippen molar-refractivity contribution in [2.45, 2.75) is 13.8 Å². The van der Waals surface area contributed by atoms with Gasteiger partial charge in [-0.05, 0) is 26.0 Å². The van der Waals surface area contributed by atoms with Crippen LogP contribution in [0.5, 0.6) is 11.5 Å². The van der Waals surface area contributed by atoms with Gasteiger partial charge in [0.2, 0.25) is 0 Å². The van der Waals surface area contributed by atoms with Crippen LogP contribution in [0, 0.1) is 25.5 Å². The van der Waals surface area contributed by atoms with Gasteiger partial charge in [-0.1, -0.05) is 5.16 Å². The molecule has 8 heteroatoms. The molecule has 0 spiro atoms. The number of halogens is 2. The number of rotatable bonds is 3. The molecule has 0 fully saturated rings. The highest BCUT2D eigenvalue weighted by Crippen LogP contribution is 2.32. The van der Waals surface area contributed by atoms with Gasteiger partial charge in [-0.2, -0.15) is 5.10 Å². The minimum absolute atomic E-state index is 0.0838. The summed E-state index contributed by atoms with van der Waals surface area (Å²) in [6.45, 7) is 3.39. The van der Waals surface area contributed by atoms with Crippen molar-refractivity contribution in [2.75, 3.05) is 0 Å².